The Morgan fingerprint density at radius 1 is 1.18 bits per heavy atom. The van der Waals surface area contributed by atoms with Crippen LogP contribution in [0.3, 0.4) is 0 Å². The van der Waals surface area contributed by atoms with E-state index >= 15 is 0 Å². The number of ketones is 1. The normalized spacial score (nSPS) is 23.8. The lowest BCUT2D eigenvalue weighted by molar-refractivity contribution is -0.116. The molecular formula is C15H31NO. The van der Waals surface area contributed by atoms with Crippen molar-refractivity contribution in [3.05, 3.63) is 0 Å². The maximum absolute atomic E-state index is 9.96. The molecule has 1 fully saturated rings. The summed E-state index contributed by atoms with van der Waals surface area (Å²) in [6.45, 7) is 6.70. The lowest BCUT2D eigenvalue weighted by Gasteiger charge is -2.30. The smallest absolute Gasteiger partial charge is 0.131 e. The van der Waals surface area contributed by atoms with Crippen molar-refractivity contribution in [2.75, 3.05) is 6.54 Å². The average Bonchev–Trinajstić information content (AvgIpc) is 2.31. The molecule has 0 bridgehead atoms. The van der Waals surface area contributed by atoms with Gasteiger partial charge < -0.3 is 5.73 Å². The van der Waals surface area contributed by atoms with E-state index in [1.165, 1.54) is 51.9 Å². The van der Waals surface area contributed by atoms with Crippen LogP contribution in [0, 0.1) is 11.8 Å². The summed E-state index contributed by atoms with van der Waals surface area (Å²) in [5.41, 5.74) is 5.01. The second-order valence-electron chi connectivity index (χ2n) is 5.24. The van der Waals surface area contributed by atoms with Crippen molar-refractivity contribution in [1.29, 1.82) is 0 Å². The van der Waals surface area contributed by atoms with Gasteiger partial charge in [-0.3, -0.25) is 4.79 Å². The number of nitrogens with two attached hydrogens (primary N) is 1. The molecule has 2 unspecified atom stereocenters. The predicted molar refractivity (Wildman–Crippen MR) is 75.0 cm³/mol. The van der Waals surface area contributed by atoms with Gasteiger partial charge in [-0.05, 0) is 25.3 Å². The van der Waals surface area contributed by atoms with E-state index in [1.54, 1.807) is 0 Å². The Labute approximate surface area is 107 Å². The van der Waals surface area contributed by atoms with Crippen LogP contribution in [0.2, 0.25) is 0 Å². The summed E-state index contributed by atoms with van der Waals surface area (Å²) in [5, 5.41) is 0. The van der Waals surface area contributed by atoms with Crippen LogP contribution in [0.25, 0.3) is 0 Å². The molecule has 0 aromatic heterocycles. The maximum Gasteiger partial charge on any atom is 0.131 e. The minimum atomic E-state index is 0.164. The van der Waals surface area contributed by atoms with Crippen molar-refractivity contribution in [3.8, 4) is 0 Å². The van der Waals surface area contributed by atoms with Crippen LogP contribution in [-0.4, -0.2) is 12.3 Å². The van der Waals surface area contributed by atoms with Gasteiger partial charge in [-0.2, -0.15) is 0 Å². The number of carbonyl (C=O) groups is 1. The Bertz CT molecular complexity index is 189. The van der Waals surface area contributed by atoms with Crippen LogP contribution in [0.15, 0.2) is 0 Å². The fourth-order valence-corrected chi connectivity index (χ4v) is 2.78. The summed E-state index contributed by atoms with van der Waals surface area (Å²) in [6, 6.07) is 0. The molecule has 1 rings (SSSR count). The Hall–Kier alpha value is -0.370. The van der Waals surface area contributed by atoms with Gasteiger partial charge in [-0.1, -0.05) is 58.8 Å². The van der Waals surface area contributed by atoms with Crippen LogP contribution in [-0.2, 0) is 4.79 Å². The highest BCUT2D eigenvalue weighted by molar-refractivity contribution is 5.75. The maximum atomic E-state index is 9.96. The zero-order valence-electron chi connectivity index (χ0n) is 12.0. The minimum absolute atomic E-state index is 0.164. The lowest BCUT2D eigenvalue weighted by Crippen LogP contribution is -2.18. The molecular weight excluding hydrogens is 210 g/mol. The molecule has 1 saturated carbocycles. The highest BCUT2D eigenvalue weighted by Crippen LogP contribution is 2.34. The van der Waals surface area contributed by atoms with Crippen LogP contribution in [0.4, 0.5) is 0 Å². The van der Waals surface area contributed by atoms with Crippen molar-refractivity contribution in [1.82, 2.24) is 0 Å². The highest BCUT2D eigenvalue weighted by Gasteiger charge is 2.22. The third-order valence-corrected chi connectivity index (χ3v) is 3.75. The number of carbonyl (C=O) groups excluding carboxylic acids is 1. The predicted octanol–water partition coefficient (Wildman–Crippen LogP) is 3.93. The van der Waals surface area contributed by atoms with Crippen LogP contribution in [0.1, 0.15) is 72.1 Å². The summed E-state index contributed by atoms with van der Waals surface area (Å²) in [6.07, 6.45) is 10.8. The highest BCUT2D eigenvalue weighted by atomic mass is 16.1. The van der Waals surface area contributed by atoms with Crippen molar-refractivity contribution >= 4 is 5.78 Å². The van der Waals surface area contributed by atoms with Crippen molar-refractivity contribution < 1.29 is 4.79 Å². The largest absolute Gasteiger partial charge is 0.330 e. The topological polar surface area (TPSA) is 43.1 Å². The Kier molecular flexibility index (Phi) is 10.5. The van der Waals surface area contributed by atoms with Gasteiger partial charge in [-0.15, -0.1) is 0 Å². The Morgan fingerprint density at radius 2 is 1.76 bits per heavy atom. The molecule has 2 nitrogen and oxygen atoms in total. The molecule has 0 spiro atoms. The van der Waals surface area contributed by atoms with Crippen LogP contribution < -0.4 is 5.73 Å². The summed E-state index contributed by atoms with van der Waals surface area (Å²) in [5.74, 6) is 2.32. The van der Waals surface area contributed by atoms with Gasteiger partial charge in [-0.25, -0.2) is 0 Å². The molecule has 1 aliphatic rings. The van der Waals surface area contributed by atoms with E-state index < -0.39 is 0 Å². The Balaban J connectivity index is 0.000000366. The molecule has 0 amide bonds. The summed E-state index contributed by atoms with van der Waals surface area (Å²) >= 11 is 0. The number of Topliss-reactive ketones (excluding diaryl/α,β-unsaturated/α-hetero) is 1. The van der Waals surface area contributed by atoms with E-state index in [4.69, 9.17) is 5.73 Å². The fraction of sp³-hybridized carbons (Fsp3) is 0.933. The molecule has 0 aromatic carbocycles. The van der Waals surface area contributed by atoms with Gasteiger partial charge in [0, 0.05) is 6.42 Å². The molecule has 0 saturated heterocycles. The molecule has 1 aliphatic carbocycles. The standard InChI is InChI=1S/C11H22.C4H9NO/c1-3-7-11-9-6-5-8-10(11)4-2;1-4(6)2-3-5/h10-11H,3-9H2,1-2H3;2-3,5H2,1H3. The zero-order valence-corrected chi connectivity index (χ0v) is 12.0. The molecule has 2 atom stereocenters. The molecule has 2 heteroatoms. The van der Waals surface area contributed by atoms with Crippen molar-refractivity contribution in [3.63, 3.8) is 0 Å². The average molecular weight is 241 g/mol. The van der Waals surface area contributed by atoms with Gasteiger partial charge in [0.05, 0.1) is 0 Å². The van der Waals surface area contributed by atoms with E-state index in [-0.39, 0.29) is 5.78 Å². The molecule has 0 aromatic rings. The molecule has 17 heavy (non-hydrogen) atoms. The third kappa shape index (κ3) is 8.37. The second-order valence-corrected chi connectivity index (χ2v) is 5.24. The van der Waals surface area contributed by atoms with E-state index in [9.17, 15) is 4.79 Å². The molecule has 0 heterocycles. The van der Waals surface area contributed by atoms with Gasteiger partial charge in [0.15, 0.2) is 0 Å². The van der Waals surface area contributed by atoms with Crippen molar-refractivity contribution in [2.45, 2.75) is 72.1 Å². The summed E-state index contributed by atoms with van der Waals surface area (Å²) in [4.78, 5) is 9.96. The number of hydrogen-bond donors (Lipinski definition) is 1. The van der Waals surface area contributed by atoms with E-state index in [0.29, 0.717) is 13.0 Å². The molecule has 2 N–H and O–H groups in total. The number of hydrogen-bond acceptors (Lipinski definition) is 2. The molecule has 0 aliphatic heterocycles. The monoisotopic (exact) mass is 241 g/mol. The first-order valence-corrected chi connectivity index (χ1v) is 7.35. The molecule has 102 valence electrons. The van der Waals surface area contributed by atoms with Gasteiger partial charge in [0.25, 0.3) is 0 Å². The SMILES string of the molecule is CC(=O)CCN.CCCC1CCCCC1CC. The van der Waals surface area contributed by atoms with Gasteiger partial charge >= 0.3 is 0 Å². The van der Waals surface area contributed by atoms with Gasteiger partial charge in [0.2, 0.25) is 0 Å². The quantitative estimate of drug-likeness (QED) is 0.792. The number of rotatable bonds is 5. The van der Waals surface area contributed by atoms with E-state index in [2.05, 4.69) is 13.8 Å². The zero-order chi connectivity index (χ0) is 13.1. The van der Waals surface area contributed by atoms with Crippen molar-refractivity contribution in [2.24, 2.45) is 17.6 Å². The first kappa shape index (κ1) is 16.6. The summed E-state index contributed by atoms with van der Waals surface area (Å²) in [7, 11) is 0. The van der Waals surface area contributed by atoms with Gasteiger partial charge in [0.1, 0.15) is 5.78 Å². The Morgan fingerprint density at radius 3 is 2.12 bits per heavy atom. The van der Waals surface area contributed by atoms with Crippen LogP contribution >= 0.6 is 0 Å². The lowest BCUT2D eigenvalue weighted by atomic mass is 9.76. The molecule has 0 radical (unpaired) electrons. The first-order valence-electron chi connectivity index (χ1n) is 7.35. The summed E-state index contributed by atoms with van der Waals surface area (Å²) < 4.78 is 0. The minimum Gasteiger partial charge on any atom is -0.330 e. The third-order valence-electron chi connectivity index (χ3n) is 3.75. The second kappa shape index (κ2) is 10.8. The van der Waals surface area contributed by atoms with E-state index in [0.717, 1.165) is 11.8 Å². The van der Waals surface area contributed by atoms with Crippen LogP contribution in [0.5, 0.6) is 0 Å². The first-order chi connectivity index (χ1) is 8.15. The fourth-order valence-electron chi connectivity index (χ4n) is 2.78. The van der Waals surface area contributed by atoms with E-state index in [1.807, 2.05) is 0 Å².